The second-order valence-electron chi connectivity index (χ2n) is 7.12. The zero-order valence-electron chi connectivity index (χ0n) is 16.8. The number of carbonyl (C=O) groups is 2. The number of aryl methyl sites for hydroxylation is 1. The number of aromatic nitrogens is 2. The first-order valence-corrected chi connectivity index (χ1v) is 9.34. The van der Waals surface area contributed by atoms with Crippen LogP contribution in [0.3, 0.4) is 0 Å². The summed E-state index contributed by atoms with van der Waals surface area (Å²) in [5.74, 6) is 0.274. The molecule has 0 atom stereocenters. The molecular weight excluding hydrogens is 342 g/mol. The summed E-state index contributed by atoms with van der Waals surface area (Å²) in [5.41, 5.74) is 4.46. The monoisotopic (exact) mass is 371 g/mol. The summed E-state index contributed by atoms with van der Waals surface area (Å²) in [6, 6.07) is 7.40. The molecule has 6 nitrogen and oxygen atoms in total. The fraction of sp³-hybridized carbons (Fsp3) is 0.476. The molecule has 0 bridgehead atoms. The van der Waals surface area contributed by atoms with Crippen LogP contribution in [0.1, 0.15) is 54.0 Å². The van der Waals surface area contributed by atoms with Crippen molar-refractivity contribution in [2.24, 2.45) is 5.92 Å². The zero-order chi connectivity index (χ0) is 20.0. The Labute approximate surface area is 160 Å². The Morgan fingerprint density at radius 1 is 1.19 bits per heavy atom. The molecule has 2 rings (SSSR count). The third kappa shape index (κ3) is 5.42. The van der Waals surface area contributed by atoms with Crippen LogP contribution in [0.2, 0.25) is 0 Å². The van der Waals surface area contributed by atoms with Gasteiger partial charge >= 0.3 is 5.97 Å². The summed E-state index contributed by atoms with van der Waals surface area (Å²) < 4.78 is 6.57. The molecule has 1 N–H and O–H groups in total. The summed E-state index contributed by atoms with van der Waals surface area (Å²) in [6.45, 7) is 8.87. The lowest BCUT2D eigenvalue weighted by Gasteiger charge is -2.09. The van der Waals surface area contributed by atoms with Gasteiger partial charge in [0.15, 0.2) is 0 Å². The van der Waals surface area contributed by atoms with Gasteiger partial charge in [0.2, 0.25) is 0 Å². The number of esters is 1. The molecule has 146 valence electrons. The van der Waals surface area contributed by atoms with Crippen LogP contribution in [0, 0.1) is 19.8 Å². The van der Waals surface area contributed by atoms with Gasteiger partial charge in [0, 0.05) is 24.2 Å². The van der Waals surface area contributed by atoms with Gasteiger partial charge in [-0.25, -0.2) is 4.68 Å². The van der Waals surface area contributed by atoms with Crippen LogP contribution in [0.15, 0.2) is 24.3 Å². The average molecular weight is 371 g/mol. The molecular formula is C21H29N3O3. The summed E-state index contributed by atoms with van der Waals surface area (Å²) in [4.78, 5) is 23.6. The molecule has 0 saturated carbocycles. The molecule has 27 heavy (non-hydrogen) atoms. The maximum Gasteiger partial charge on any atom is 0.305 e. The predicted molar refractivity (Wildman–Crippen MR) is 105 cm³/mol. The number of nitrogens with one attached hydrogen (secondary N) is 1. The van der Waals surface area contributed by atoms with Gasteiger partial charge in [0.05, 0.1) is 18.5 Å². The van der Waals surface area contributed by atoms with E-state index in [0.717, 1.165) is 29.1 Å². The van der Waals surface area contributed by atoms with E-state index < -0.39 is 0 Å². The quantitative estimate of drug-likeness (QED) is 0.722. The molecule has 1 heterocycles. The number of amides is 1. The summed E-state index contributed by atoms with van der Waals surface area (Å²) in [5, 5.41) is 7.53. The Balaban J connectivity index is 2.10. The van der Waals surface area contributed by atoms with Crippen molar-refractivity contribution in [1.82, 2.24) is 15.1 Å². The number of hydrogen-bond donors (Lipinski definition) is 1. The highest BCUT2D eigenvalue weighted by Gasteiger charge is 2.15. The van der Waals surface area contributed by atoms with Gasteiger partial charge in [-0.05, 0) is 62.4 Å². The van der Waals surface area contributed by atoms with Crippen LogP contribution in [0.5, 0.6) is 0 Å². The molecule has 0 spiro atoms. The number of carbonyl (C=O) groups excluding carboxylic acids is 2. The van der Waals surface area contributed by atoms with E-state index in [0.29, 0.717) is 30.9 Å². The van der Waals surface area contributed by atoms with Gasteiger partial charge in [0.1, 0.15) is 0 Å². The largest absolute Gasteiger partial charge is 0.469 e. The van der Waals surface area contributed by atoms with Gasteiger partial charge < -0.3 is 10.1 Å². The van der Waals surface area contributed by atoms with E-state index in [1.807, 2.05) is 42.8 Å². The molecule has 2 aromatic rings. The number of hydrogen-bond acceptors (Lipinski definition) is 4. The van der Waals surface area contributed by atoms with Crippen LogP contribution in [0.25, 0.3) is 5.69 Å². The Hall–Kier alpha value is -2.63. The molecule has 0 aliphatic carbocycles. The highest BCUT2D eigenvalue weighted by atomic mass is 16.5. The summed E-state index contributed by atoms with van der Waals surface area (Å²) >= 11 is 0. The van der Waals surface area contributed by atoms with Crippen molar-refractivity contribution in [3.05, 3.63) is 46.8 Å². The van der Waals surface area contributed by atoms with E-state index in [2.05, 4.69) is 24.3 Å². The topological polar surface area (TPSA) is 73.2 Å². The normalized spacial score (nSPS) is 10.9. The maximum absolute atomic E-state index is 12.2. The molecule has 1 aromatic carbocycles. The molecule has 0 aliphatic heterocycles. The number of ether oxygens (including phenoxy) is 1. The fourth-order valence-corrected chi connectivity index (χ4v) is 2.95. The lowest BCUT2D eigenvalue weighted by molar-refractivity contribution is -0.140. The smallest absolute Gasteiger partial charge is 0.305 e. The molecule has 0 radical (unpaired) electrons. The van der Waals surface area contributed by atoms with Gasteiger partial charge in [-0.15, -0.1) is 0 Å². The van der Waals surface area contributed by atoms with E-state index in [-0.39, 0.29) is 11.9 Å². The highest BCUT2D eigenvalue weighted by Crippen LogP contribution is 2.20. The number of methoxy groups -OCH3 is 1. The Morgan fingerprint density at radius 2 is 1.85 bits per heavy atom. The first kappa shape index (κ1) is 20.7. The Kier molecular flexibility index (Phi) is 7.16. The van der Waals surface area contributed by atoms with Crippen LogP contribution >= 0.6 is 0 Å². The fourth-order valence-electron chi connectivity index (χ4n) is 2.95. The van der Waals surface area contributed by atoms with Crippen molar-refractivity contribution in [2.75, 3.05) is 13.7 Å². The molecule has 1 amide bonds. The van der Waals surface area contributed by atoms with Crippen molar-refractivity contribution in [1.29, 1.82) is 0 Å². The molecule has 0 unspecified atom stereocenters. The van der Waals surface area contributed by atoms with Crippen LogP contribution < -0.4 is 5.32 Å². The van der Waals surface area contributed by atoms with Crippen molar-refractivity contribution in [2.45, 2.75) is 47.0 Å². The van der Waals surface area contributed by atoms with Gasteiger partial charge in [0.25, 0.3) is 5.91 Å². The van der Waals surface area contributed by atoms with Crippen LogP contribution in [-0.4, -0.2) is 35.3 Å². The SMILES string of the molecule is COC(=O)CCc1c(C)nn(-c2ccc(C(=O)NCCC(C)C)cc2)c1C. The van der Waals surface area contributed by atoms with Crippen molar-refractivity contribution in [3.63, 3.8) is 0 Å². The third-order valence-electron chi connectivity index (χ3n) is 4.63. The van der Waals surface area contributed by atoms with Crippen LogP contribution in [-0.2, 0) is 16.0 Å². The Morgan fingerprint density at radius 3 is 2.44 bits per heavy atom. The van der Waals surface area contributed by atoms with E-state index in [9.17, 15) is 9.59 Å². The third-order valence-corrected chi connectivity index (χ3v) is 4.63. The van der Waals surface area contributed by atoms with Crippen molar-refractivity contribution < 1.29 is 14.3 Å². The van der Waals surface area contributed by atoms with Crippen LogP contribution in [0.4, 0.5) is 0 Å². The predicted octanol–water partition coefficient (Wildman–Crippen LogP) is 3.37. The number of nitrogens with zero attached hydrogens (tertiary/aromatic N) is 2. The highest BCUT2D eigenvalue weighted by molar-refractivity contribution is 5.94. The minimum atomic E-state index is -0.227. The first-order valence-electron chi connectivity index (χ1n) is 9.34. The van der Waals surface area contributed by atoms with E-state index in [1.165, 1.54) is 7.11 Å². The zero-order valence-corrected chi connectivity index (χ0v) is 16.8. The summed E-state index contributed by atoms with van der Waals surface area (Å²) in [6.07, 6.45) is 1.89. The lowest BCUT2D eigenvalue weighted by atomic mass is 10.1. The second kappa shape index (κ2) is 9.35. The van der Waals surface area contributed by atoms with Gasteiger partial charge in [-0.1, -0.05) is 13.8 Å². The van der Waals surface area contributed by atoms with Crippen molar-refractivity contribution in [3.8, 4) is 5.69 Å². The molecule has 0 fully saturated rings. The van der Waals surface area contributed by atoms with Gasteiger partial charge in [-0.2, -0.15) is 5.10 Å². The number of rotatable bonds is 8. The minimum Gasteiger partial charge on any atom is -0.469 e. The standard InChI is InChI=1S/C21H29N3O3/c1-14(2)12-13-22-21(26)17-6-8-18(9-7-17)24-16(4)19(15(3)23-24)10-11-20(25)27-5/h6-9,14H,10-13H2,1-5H3,(H,22,26). The Bertz CT molecular complexity index is 792. The summed E-state index contributed by atoms with van der Waals surface area (Å²) in [7, 11) is 1.39. The maximum atomic E-state index is 12.2. The van der Waals surface area contributed by atoms with Crippen molar-refractivity contribution >= 4 is 11.9 Å². The van der Waals surface area contributed by atoms with Gasteiger partial charge in [-0.3, -0.25) is 9.59 Å². The molecule has 1 aromatic heterocycles. The van der Waals surface area contributed by atoms with E-state index >= 15 is 0 Å². The molecule has 6 heteroatoms. The average Bonchev–Trinajstić information content (AvgIpc) is 2.93. The first-order chi connectivity index (χ1) is 12.8. The number of benzene rings is 1. The van der Waals surface area contributed by atoms with E-state index in [4.69, 9.17) is 4.74 Å². The molecule has 0 saturated heterocycles. The second-order valence-corrected chi connectivity index (χ2v) is 7.12. The molecule has 0 aliphatic rings. The van der Waals surface area contributed by atoms with E-state index in [1.54, 1.807) is 0 Å². The lowest BCUT2D eigenvalue weighted by Crippen LogP contribution is -2.25. The minimum absolute atomic E-state index is 0.0608.